The molecule has 7 heterocycles. The van der Waals surface area contributed by atoms with Crippen LogP contribution in [0.25, 0.3) is 22.1 Å². The van der Waals surface area contributed by atoms with Crippen LogP contribution in [0.15, 0.2) is 40.9 Å². The Balaban J connectivity index is 1.34. The summed E-state index contributed by atoms with van der Waals surface area (Å²) in [5, 5.41) is 0.858. The molecule has 6 bridgehead atoms. The lowest BCUT2D eigenvalue weighted by Crippen LogP contribution is -2.53. The van der Waals surface area contributed by atoms with Gasteiger partial charge in [-0.25, -0.2) is 24.1 Å². The Bertz CT molecular complexity index is 1990. The Labute approximate surface area is 297 Å². The summed E-state index contributed by atoms with van der Waals surface area (Å²) in [5.74, 6) is -5.98. The first kappa shape index (κ1) is 35.2. The molecule has 3 aromatic heterocycles. The van der Waals surface area contributed by atoms with Crippen molar-refractivity contribution in [2.75, 3.05) is 31.1 Å². The quantitative estimate of drug-likeness (QED) is 0.194. The van der Waals surface area contributed by atoms with Crippen molar-refractivity contribution in [1.29, 1.82) is 0 Å². The number of amides is 1. The van der Waals surface area contributed by atoms with Crippen LogP contribution in [0.3, 0.4) is 0 Å². The maximum absolute atomic E-state index is 17.2. The molecule has 0 aliphatic carbocycles. The van der Waals surface area contributed by atoms with Gasteiger partial charge in [-0.05, 0) is 45.4 Å². The zero-order valence-electron chi connectivity index (χ0n) is 28.8. The molecule has 0 unspecified atom stereocenters. The molecule has 272 valence electrons. The van der Waals surface area contributed by atoms with Crippen molar-refractivity contribution >= 4 is 51.4 Å². The van der Waals surface area contributed by atoms with Gasteiger partial charge in [-0.3, -0.25) is 4.79 Å². The third-order valence-electron chi connectivity index (χ3n) is 9.64. The van der Waals surface area contributed by atoms with Crippen molar-refractivity contribution in [2.45, 2.75) is 89.3 Å². The molecule has 4 aliphatic rings. The van der Waals surface area contributed by atoms with Crippen LogP contribution in [0.5, 0.6) is 5.88 Å². The molecule has 0 radical (unpaired) electrons. The first-order chi connectivity index (χ1) is 24.1. The second-order valence-electron chi connectivity index (χ2n) is 14.5. The Kier molecular flexibility index (Phi) is 9.06. The van der Waals surface area contributed by atoms with Gasteiger partial charge in [0.1, 0.15) is 41.1 Å². The van der Waals surface area contributed by atoms with Crippen LogP contribution in [0.2, 0.25) is 5.02 Å². The van der Waals surface area contributed by atoms with Crippen molar-refractivity contribution < 1.29 is 41.4 Å². The minimum Gasteiger partial charge on any atom is -0.472 e. The predicted octanol–water partition coefficient (Wildman–Crippen LogP) is 6.77. The lowest BCUT2D eigenvalue weighted by Gasteiger charge is -2.42. The highest BCUT2D eigenvalue weighted by Gasteiger charge is 2.51. The maximum atomic E-state index is 17.2. The van der Waals surface area contributed by atoms with Crippen LogP contribution in [0.4, 0.5) is 19.0 Å². The van der Waals surface area contributed by atoms with Crippen LogP contribution in [-0.4, -0.2) is 81.6 Å². The van der Waals surface area contributed by atoms with E-state index in [-0.39, 0.29) is 80.2 Å². The van der Waals surface area contributed by atoms with E-state index in [1.807, 2.05) is 18.2 Å². The second-order valence-corrected chi connectivity index (χ2v) is 15.0. The van der Waals surface area contributed by atoms with Crippen LogP contribution in [0, 0.1) is 5.92 Å². The summed E-state index contributed by atoms with van der Waals surface area (Å²) in [6, 6.07) is 7.82. The van der Waals surface area contributed by atoms with Crippen molar-refractivity contribution in [3.8, 4) is 5.88 Å². The zero-order valence-corrected chi connectivity index (χ0v) is 29.5. The average molecular weight is 730 g/mol. The second kappa shape index (κ2) is 13.1. The molecule has 4 aromatic rings. The van der Waals surface area contributed by atoms with E-state index < -0.39 is 53.6 Å². The van der Waals surface area contributed by atoms with Gasteiger partial charge >= 0.3 is 11.9 Å². The van der Waals surface area contributed by atoms with Crippen LogP contribution in [-0.2, 0) is 31.3 Å². The molecule has 15 heteroatoms. The number of rotatable bonds is 1. The number of fused-ring (bicyclic) bond motifs is 11. The van der Waals surface area contributed by atoms with E-state index in [1.165, 1.54) is 12.3 Å². The zero-order chi connectivity index (χ0) is 36.3. The number of benzene rings is 1. The number of ether oxygens (including phenoxy) is 3. The normalized spacial score (nSPS) is 25.9. The summed E-state index contributed by atoms with van der Waals surface area (Å²) < 4.78 is 71.9. The molecule has 2 fully saturated rings. The Morgan fingerprint density at radius 2 is 1.90 bits per heavy atom. The van der Waals surface area contributed by atoms with Gasteiger partial charge in [0.05, 0.1) is 17.1 Å². The number of hydrogen-bond donors (Lipinski definition) is 0. The smallest absolute Gasteiger partial charge is 0.329 e. The molecule has 1 aromatic carbocycles. The van der Waals surface area contributed by atoms with E-state index in [4.69, 9.17) is 40.2 Å². The van der Waals surface area contributed by atoms with E-state index in [1.54, 1.807) is 38.7 Å². The van der Waals surface area contributed by atoms with Gasteiger partial charge in [-0.15, -0.1) is 0 Å². The monoisotopic (exact) mass is 729 g/mol. The first-order valence-corrected chi connectivity index (χ1v) is 17.4. The Morgan fingerprint density at radius 3 is 2.67 bits per heavy atom. The van der Waals surface area contributed by atoms with Gasteiger partial charge < -0.3 is 28.4 Å². The number of halogens is 4. The fourth-order valence-corrected chi connectivity index (χ4v) is 7.32. The third-order valence-corrected chi connectivity index (χ3v) is 9.84. The van der Waals surface area contributed by atoms with Gasteiger partial charge in [0.2, 0.25) is 5.88 Å². The number of piperidine rings is 1. The van der Waals surface area contributed by atoms with E-state index in [0.717, 1.165) is 4.90 Å². The van der Waals surface area contributed by atoms with E-state index in [0.29, 0.717) is 22.1 Å². The summed E-state index contributed by atoms with van der Waals surface area (Å²) in [6.45, 7) is 6.27. The fourth-order valence-electron chi connectivity index (χ4n) is 7.16. The summed E-state index contributed by atoms with van der Waals surface area (Å²) in [6.07, 6.45) is -0.404. The molecule has 8 rings (SSSR count). The fraction of sp³-hybridized carbons (Fsp3) is 0.528. The molecule has 4 aliphatic heterocycles. The van der Waals surface area contributed by atoms with E-state index in [2.05, 4.69) is 4.98 Å². The minimum atomic E-state index is -3.67. The molecular weight excluding hydrogens is 691 g/mol. The number of furan rings is 1. The molecular formula is C36H39ClF3N5O6. The third kappa shape index (κ3) is 6.79. The molecule has 0 spiro atoms. The number of carbonyl (C=O) groups excluding carboxylic acids is 2. The number of para-hydroxylation sites is 1. The van der Waals surface area contributed by atoms with Crippen LogP contribution in [0.1, 0.15) is 64.8 Å². The van der Waals surface area contributed by atoms with Gasteiger partial charge in [-0.2, -0.15) is 8.78 Å². The first-order valence-electron chi connectivity index (χ1n) is 17.1. The van der Waals surface area contributed by atoms with Gasteiger partial charge in [0.25, 0.3) is 5.91 Å². The highest BCUT2D eigenvalue weighted by molar-refractivity contribution is 6.30. The minimum absolute atomic E-state index is 0.0455. The molecule has 51 heavy (non-hydrogen) atoms. The summed E-state index contributed by atoms with van der Waals surface area (Å²) in [4.78, 5) is 43.5. The largest absolute Gasteiger partial charge is 0.472 e. The summed E-state index contributed by atoms with van der Waals surface area (Å²) in [5.41, 5.74) is -1.53. The van der Waals surface area contributed by atoms with Crippen LogP contribution >= 0.6 is 11.6 Å². The number of pyridine rings is 1. The van der Waals surface area contributed by atoms with Crippen molar-refractivity contribution in [1.82, 2.24) is 19.9 Å². The van der Waals surface area contributed by atoms with Gasteiger partial charge in [-0.1, -0.05) is 30.7 Å². The van der Waals surface area contributed by atoms with Crippen LogP contribution < -0.4 is 9.64 Å². The molecule has 0 N–H and O–H groups in total. The number of alkyl halides is 3. The Hall–Kier alpha value is -4.17. The predicted molar refractivity (Wildman–Crippen MR) is 182 cm³/mol. The van der Waals surface area contributed by atoms with E-state index >= 15 is 13.2 Å². The lowest BCUT2D eigenvalue weighted by atomic mass is 9.78. The number of carbonyl (C=O) groups is 2. The molecule has 1 amide bonds. The lowest BCUT2D eigenvalue weighted by molar-refractivity contribution is -0.163. The SMILES string of the molecule is C[C@H]1CN2CC[C@]1(F)c1cc(Cl)cnc1O[C@H]1C[C@@H](C(=O)OC(C)(C)C)N(C1)c1nc(nc3c1oc1ccccc13)COCCCC(F)(F)C2=O. The summed E-state index contributed by atoms with van der Waals surface area (Å²) in [7, 11) is 0. The number of esters is 1. The number of nitrogens with zero attached hydrogens (tertiary/aromatic N) is 5. The standard InChI is InChI=1S/C36H39ClF3N5O6/c1-20-17-44-12-11-35(20,38)24-14-21(37)16-41-31(24)49-22-15-25(32(46)51-34(2,3)4)45(18-22)30-29-28(23-8-5-6-9-26(23)50-29)42-27(43-30)19-48-13-7-10-36(39,40)33(44)47/h5-6,8-9,14,16,20,22,25H,7,10-13,15,17-19H2,1-4H3/t20-,22-,25-,35+/m0/s1. The highest BCUT2D eigenvalue weighted by Crippen LogP contribution is 2.47. The highest BCUT2D eigenvalue weighted by atomic mass is 35.5. The average Bonchev–Trinajstić information content (AvgIpc) is 3.66. The number of aromatic nitrogens is 3. The van der Waals surface area contributed by atoms with Crippen molar-refractivity contribution in [3.05, 3.63) is 52.9 Å². The maximum Gasteiger partial charge on any atom is 0.329 e. The molecule has 4 atom stereocenters. The topological polar surface area (TPSA) is 120 Å². The van der Waals surface area contributed by atoms with E-state index in [9.17, 15) is 9.59 Å². The molecule has 11 nitrogen and oxygen atoms in total. The Morgan fingerprint density at radius 1 is 1.12 bits per heavy atom. The summed E-state index contributed by atoms with van der Waals surface area (Å²) >= 11 is 6.34. The number of anilines is 1. The molecule has 0 saturated carbocycles. The number of hydrogen-bond acceptors (Lipinski definition) is 10. The van der Waals surface area contributed by atoms with Gasteiger partial charge in [0, 0.05) is 56.5 Å². The van der Waals surface area contributed by atoms with Crippen molar-refractivity contribution in [3.63, 3.8) is 0 Å². The van der Waals surface area contributed by atoms with Crippen molar-refractivity contribution in [2.24, 2.45) is 5.92 Å². The molecule has 2 saturated heterocycles. The van der Waals surface area contributed by atoms with Gasteiger partial charge in [0.15, 0.2) is 17.2 Å².